The van der Waals surface area contributed by atoms with Crippen LogP contribution in [0, 0.1) is 23.7 Å². The van der Waals surface area contributed by atoms with Crippen LogP contribution in [0.25, 0.3) is 0 Å². The predicted octanol–water partition coefficient (Wildman–Crippen LogP) is 10.9. The zero-order valence-electron chi connectivity index (χ0n) is 21.7. The van der Waals surface area contributed by atoms with E-state index in [1.807, 2.05) is 0 Å². The number of hydrogen-bond donors (Lipinski definition) is 0. The Morgan fingerprint density at radius 2 is 0.900 bits per heavy atom. The lowest BCUT2D eigenvalue weighted by molar-refractivity contribution is 0.392. The fourth-order valence-electron chi connectivity index (χ4n) is 4.63. The van der Waals surface area contributed by atoms with Gasteiger partial charge in [0.25, 0.3) is 0 Å². The summed E-state index contributed by atoms with van der Waals surface area (Å²) in [5, 5.41) is 0. The molecular weight excluding hydrogens is 360 g/mol. The van der Waals surface area contributed by atoms with Gasteiger partial charge >= 0.3 is 0 Å². The van der Waals surface area contributed by atoms with Crippen LogP contribution in [-0.2, 0) is 0 Å². The minimum Gasteiger partial charge on any atom is -0.103 e. The Kier molecular flexibility index (Phi) is 24.5. The summed E-state index contributed by atoms with van der Waals surface area (Å²) in [4.78, 5) is 0. The molecule has 0 aromatic rings. The van der Waals surface area contributed by atoms with E-state index < -0.39 is 0 Å². The van der Waals surface area contributed by atoms with Gasteiger partial charge in [0.2, 0.25) is 0 Å². The molecule has 0 spiro atoms. The zero-order chi connectivity index (χ0) is 22.1. The van der Waals surface area contributed by atoms with Crippen molar-refractivity contribution in [2.24, 2.45) is 11.8 Å². The van der Waals surface area contributed by atoms with Crippen LogP contribution >= 0.6 is 0 Å². The molecule has 30 heavy (non-hydrogen) atoms. The lowest BCUT2D eigenvalue weighted by Crippen LogP contribution is -1.99. The normalized spacial score (nSPS) is 13.1. The van der Waals surface area contributed by atoms with Crippen molar-refractivity contribution in [3.8, 4) is 11.8 Å². The van der Waals surface area contributed by atoms with E-state index in [4.69, 9.17) is 0 Å². The van der Waals surface area contributed by atoms with E-state index >= 15 is 0 Å². The monoisotopic (exact) mass is 418 g/mol. The Bertz CT molecular complexity index is 371. The van der Waals surface area contributed by atoms with E-state index in [9.17, 15) is 0 Å². The molecule has 0 bridgehead atoms. The fraction of sp³-hybridized carbons (Fsp3) is 0.933. The largest absolute Gasteiger partial charge is 0.103 e. The summed E-state index contributed by atoms with van der Waals surface area (Å²) in [7, 11) is 0. The van der Waals surface area contributed by atoms with Gasteiger partial charge < -0.3 is 0 Å². The Balaban J connectivity index is 3.42. The molecule has 0 heteroatoms. The summed E-state index contributed by atoms with van der Waals surface area (Å²) in [5.74, 6) is 8.36. The van der Waals surface area contributed by atoms with Crippen LogP contribution in [0.4, 0.5) is 0 Å². The molecule has 0 heterocycles. The highest BCUT2D eigenvalue weighted by molar-refractivity contribution is 5.02. The van der Waals surface area contributed by atoms with Crippen molar-refractivity contribution in [3.63, 3.8) is 0 Å². The van der Waals surface area contributed by atoms with Crippen molar-refractivity contribution in [2.45, 2.75) is 169 Å². The Labute approximate surface area is 192 Å². The van der Waals surface area contributed by atoms with Crippen molar-refractivity contribution in [1.82, 2.24) is 0 Å². The lowest BCUT2D eigenvalue weighted by Gasteiger charge is -2.14. The van der Waals surface area contributed by atoms with E-state index in [-0.39, 0.29) is 0 Å². The first kappa shape index (κ1) is 29.6. The van der Waals surface area contributed by atoms with E-state index in [1.54, 1.807) is 0 Å². The zero-order valence-corrected chi connectivity index (χ0v) is 21.7. The summed E-state index contributed by atoms with van der Waals surface area (Å²) < 4.78 is 0. The van der Waals surface area contributed by atoms with Gasteiger partial charge in [0, 0.05) is 12.3 Å². The van der Waals surface area contributed by atoms with Crippen LogP contribution in [0.1, 0.15) is 169 Å². The molecule has 0 rings (SSSR count). The minimum atomic E-state index is 0.655. The van der Waals surface area contributed by atoms with Gasteiger partial charge in [-0.25, -0.2) is 0 Å². The van der Waals surface area contributed by atoms with Gasteiger partial charge in [0.15, 0.2) is 0 Å². The molecule has 0 aromatic heterocycles. The van der Waals surface area contributed by atoms with Gasteiger partial charge in [0.1, 0.15) is 0 Å². The Morgan fingerprint density at radius 1 is 0.467 bits per heavy atom. The minimum absolute atomic E-state index is 0.655. The van der Waals surface area contributed by atoms with Gasteiger partial charge in [0.05, 0.1) is 0 Å². The smallest absolute Gasteiger partial charge is 0.0200 e. The van der Waals surface area contributed by atoms with Crippen LogP contribution in [0.3, 0.4) is 0 Å². The Hall–Kier alpha value is -0.440. The molecule has 0 aliphatic carbocycles. The number of rotatable bonds is 22. The maximum atomic E-state index is 3.44. The molecule has 0 saturated carbocycles. The van der Waals surface area contributed by atoms with E-state index in [0.717, 1.165) is 12.3 Å². The van der Waals surface area contributed by atoms with Crippen molar-refractivity contribution >= 4 is 0 Å². The van der Waals surface area contributed by atoms with E-state index in [1.165, 1.54) is 135 Å². The molecule has 178 valence electrons. The number of unbranched alkanes of at least 4 members (excludes halogenated alkanes) is 14. The summed E-state index contributed by atoms with van der Waals surface area (Å²) in [6, 6.07) is 0. The fourth-order valence-corrected chi connectivity index (χ4v) is 4.63. The van der Waals surface area contributed by atoms with Crippen molar-refractivity contribution in [3.05, 3.63) is 0 Å². The molecule has 0 aliphatic rings. The van der Waals surface area contributed by atoms with Crippen molar-refractivity contribution < 1.29 is 0 Å². The quantitative estimate of drug-likeness (QED) is 0.121. The second kappa shape index (κ2) is 24.8. The highest BCUT2D eigenvalue weighted by Gasteiger charge is 2.06. The third-order valence-electron chi connectivity index (χ3n) is 6.93. The second-order valence-corrected chi connectivity index (χ2v) is 9.72. The van der Waals surface area contributed by atoms with Crippen LogP contribution in [0.2, 0.25) is 0 Å². The van der Waals surface area contributed by atoms with Crippen molar-refractivity contribution in [1.29, 1.82) is 0 Å². The third kappa shape index (κ3) is 20.8. The van der Waals surface area contributed by atoms with Gasteiger partial charge in [-0.1, -0.05) is 156 Å². The van der Waals surface area contributed by atoms with Gasteiger partial charge in [-0.3, -0.25) is 0 Å². The molecule has 0 N–H and O–H groups in total. The molecule has 0 aliphatic heterocycles. The maximum absolute atomic E-state index is 3.44. The van der Waals surface area contributed by atoms with Crippen LogP contribution < -0.4 is 0 Å². The average Bonchev–Trinajstić information content (AvgIpc) is 2.77. The first-order valence-electron chi connectivity index (χ1n) is 14.3. The Morgan fingerprint density at radius 3 is 1.30 bits per heavy atom. The third-order valence-corrected chi connectivity index (χ3v) is 6.93. The van der Waals surface area contributed by atoms with E-state index in [0.29, 0.717) is 5.92 Å². The van der Waals surface area contributed by atoms with Gasteiger partial charge in [-0.05, 0) is 18.8 Å². The first-order valence-corrected chi connectivity index (χ1v) is 14.3. The van der Waals surface area contributed by atoms with Gasteiger partial charge in [-0.2, -0.15) is 0 Å². The van der Waals surface area contributed by atoms with Crippen molar-refractivity contribution in [2.75, 3.05) is 0 Å². The van der Waals surface area contributed by atoms with Crippen LogP contribution in [0.15, 0.2) is 0 Å². The van der Waals surface area contributed by atoms with Gasteiger partial charge in [-0.15, -0.1) is 5.92 Å². The first-order chi connectivity index (χ1) is 14.8. The van der Waals surface area contributed by atoms with Crippen LogP contribution in [-0.4, -0.2) is 0 Å². The molecule has 2 atom stereocenters. The second-order valence-electron chi connectivity index (χ2n) is 9.72. The topological polar surface area (TPSA) is 0 Å². The highest BCUT2D eigenvalue weighted by Crippen LogP contribution is 2.22. The molecular formula is C30H58. The predicted molar refractivity (Wildman–Crippen MR) is 139 cm³/mol. The summed E-state index contributed by atoms with van der Waals surface area (Å²) in [6.07, 6.45) is 31.1. The molecule has 0 radical (unpaired) electrons. The molecule has 0 amide bonds. The molecule has 0 fully saturated rings. The molecule has 0 aromatic carbocycles. The highest BCUT2D eigenvalue weighted by atomic mass is 14.1. The average molecular weight is 419 g/mol. The molecule has 0 nitrogen and oxygen atoms in total. The lowest BCUT2D eigenvalue weighted by atomic mass is 9.92. The maximum Gasteiger partial charge on any atom is 0.0200 e. The summed E-state index contributed by atoms with van der Waals surface area (Å²) in [6.45, 7) is 9.15. The number of hydrogen-bond acceptors (Lipinski definition) is 0. The standard InChI is InChI=1S/C30H58/c1-5-9-11-12-13-16-19-23-27-30(8-4)28-24-21-18-15-14-17-20-22-26-29(7-3)25-10-6-2/h29-30H,5-9,11-24,26-28H2,1-4H3. The summed E-state index contributed by atoms with van der Waals surface area (Å²) in [5.41, 5.74) is 0. The van der Waals surface area contributed by atoms with Crippen LogP contribution in [0.5, 0.6) is 0 Å². The molecule has 2 unspecified atom stereocenters. The SMILES string of the molecule is CCC#CC(CC)CCCCCCCCCCC(CC)CCCCCCCCCC. The van der Waals surface area contributed by atoms with E-state index in [2.05, 4.69) is 39.5 Å². The summed E-state index contributed by atoms with van der Waals surface area (Å²) >= 11 is 0. The molecule has 0 saturated heterocycles.